The van der Waals surface area contributed by atoms with Gasteiger partial charge in [0.25, 0.3) is 0 Å². The van der Waals surface area contributed by atoms with Crippen LogP contribution in [0.5, 0.6) is 0 Å². The summed E-state index contributed by atoms with van der Waals surface area (Å²) in [6.07, 6.45) is 12.2. The standard InChI is InChI=1S/C24H35NO3/c1-3-5-6-7-8-9-10-16-23(26)21-19-25(18-13-17-24(27)28-4-2)22-15-12-11-14-20(21)22/h11-12,14-15,19H,3-10,13,16-18H2,1-2H3. The molecule has 154 valence electrons. The van der Waals surface area contributed by atoms with Gasteiger partial charge < -0.3 is 9.30 Å². The van der Waals surface area contributed by atoms with Crippen molar-refractivity contribution in [1.82, 2.24) is 4.57 Å². The molecule has 0 bridgehead atoms. The Hall–Kier alpha value is -2.10. The summed E-state index contributed by atoms with van der Waals surface area (Å²) in [5, 5.41) is 1.02. The maximum Gasteiger partial charge on any atom is 0.305 e. The van der Waals surface area contributed by atoms with Crippen LogP contribution in [-0.2, 0) is 16.1 Å². The molecule has 0 fully saturated rings. The number of hydrogen-bond donors (Lipinski definition) is 0. The number of ketones is 1. The van der Waals surface area contributed by atoms with Crippen molar-refractivity contribution in [1.29, 1.82) is 0 Å². The molecule has 0 saturated carbocycles. The molecule has 28 heavy (non-hydrogen) atoms. The number of unbranched alkanes of at least 4 members (excludes halogenated alkanes) is 6. The number of fused-ring (bicyclic) bond motifs is 1. The van der Waals surface area contributed by atoms with E-state index < -0.39 is 0 Å². The van der Waals surface area contributed by atoms with Crippen molar-refractivity contribution >= 4 is 22.7 Å². The van der Waals surface area contributed by atoms with Gasteiger partial charge in [-0.05, 0) is 25.8 Å². The van der Waals surface area contributed by atoms with Crippen LogP contribution in [0.15, 0.2) is 30.5 Å². The van der Waals surface area contributed by atoms with Gasteiger partial charge in [-0.1, -0.05) is 63.6 Å². The molecule has 2 aromatic rings. The first-order valence-corrected chi connectivity index (χ1v) is 10.9. The number of benzene rings is 1. The van der Waals surface area contributed by atoms with E-state index in [1.165, 1.54) is 32.1 Å². The Morgan fingerprint density at radius 1 is 0.893 bits per heavy atom. The summed E-state index contributed by atoms with van der Waals surface area (Å²) < 4.78 is 7.10. The summed E-state index contributed by atoms with van der Waals surface area (Å²) in [5.74, 6) is 0.0723. The van der Waals surface area contributed by atoms with Crippen molar-refractivity contribution < 1.29 is 14.3 Å². The summed E-state index contributed by atoms with van der Waals surface area (Å²) in [4.78, 5) is 24.3. The van der Waals surface area contributed by atoms with Crippen LogP contribution < -0.4 is 0 Å². The second-order valence-electron chi connectivity index (χ2n) is 7.46. The lowest BCUT2D eigenvalue weighted by molar-refractivity contribution is -0.143. The summed E-state index contributed by atoms with van der Waals surface area (Å²) in [7, 11) is 0. The maximum absolute atomic E-state index is 12.8. The van der Waals surface area contributed by atoms with Crippen LogP contribution in [0.1, 0.15) is 88.4 Å². The van der Waals surface area contributed by atoms with Gasteiger partial charge in [0.2, 0.25) is 0 Å². The number of Topliss-reactive ketones (excluding diaryl/α,β-unsaturated/α-hetero) is 1. The van der Waals surface area contributed by atoms with Gasteiger partial charge in [0.15, 0.2) is 5.78 Å². The van der Waals surface area contributed by atoms with Gasteiger partial charge in [-0.2, -0.15) is 0 Å². The fraction of sp³-hybridized carbons (Fsp3) is 0.583. The van der Waals surface area contributed by atoms with E-state index in [9.17, 15) is 9.59 Å². The Kier molecular flexibility index (Phi) is 9.81. The van der Waals surface area contributed by atoms with Crippen LogP contribution in [0.4, 0.5) is 0 Å². The normalized spacial score (nSPS) is 11.1. The van der Waals surface area contributed by atoms with E-state index in [0.29, 0.717) is 32.4 Å². The maximum atomic E-state index is 12.8. The van der Waals surface area contributed by atoms with Gasteiger partial charge in [0.1, 0.15) is 0 Å². The number of aromatic nitrogens is 1. The summed E-state index contributed by atoms with van der Waals surface area (Å²) in [6.45, 7) is 5.18. The van der Waals surface area contributed by atoms with E-state index in [-0.39, 0.29) is 11.8 Å². The molecular formula is C24H35NO3. The number of para-hydroxylation sites is 1. The molecule has 0 atom stereocenters. The molecule has 4 nitrogen and oxygen atoms in total. The quantitative estimate of drug-likeness (QED) is 0.217. The largest absolute Gasteiger partial charge is 0.466 e. The minimum absolute atomic E-state index is 0.158. The highest BCUT2D eigenvalue weighted by molar-refractivity contribution is 6.08. The monoisotopic (exact) mass is 385 g/mol. The van der Waals surface area contributed by atoms with Crippen LogP contribution in [0, 0.1) is 0 Å². The van der Waals surface area contributed by atoms with E-state index in [4.69, 9.17) is 4.74 Å². The van der Waals surface area contributed by atoms with Gasteiger partial charge in [-0.15, -0.1) is 0 Å². The number of carbonyl (C=O) groups is 2. The molecular weight excluding hydrogens is 350 g/mol. The molecule has 0 unspecified atom stereocenters. The lowest BCUT2D eigenvalue weighted by Gasteiger charge is -2.05. The Morgan fingerprint density at radius 3 is 2.36 bits per heavy atom. The van der Waals surface area contributed by atoms with Crippen molar-refractivity contribution in [3.63, 3.8) is 0 Å². The second kappa shape index (κ2) is 12.4. The first kappa shape index (κ1) is 22.2. The second-order valence-corrected chi connectivity index (χ2v) is 7.46. The van der Waals surface area contributed by atoms with E-state index in [1.807, 2.05) is 37.4 Å². The molecule has 4 heteroatoms. The van der Waals surface area contributed by atoms with Crippen molar-refractivity contribution in [2.24, 2.45) is 0 Å². The first-order valence-electron chi connectivity index (χ1n) is 10.9. The SMILES string of the molecule is CCCCCCCCCC(=O)c1cn(CCCC(=O)OCC)c2ccccc12. The van der Waals surface area contributed by atoms with Crippen molar-refractivity contribution in [3.05, 3.63) is 36.0 Å². The summed E-state index contributed by atoms with van der Waals surface area (Å²) in [6, 6.07) is 8.05. The van der Waals surface area contributed by atoms with Gasteiger partial charge in [-0.3, -0.25) is 9.59 Å². The third-order valence-electron chi connectivity index (χ3n) is 5.18. The van der Waals surface area contributed by atoms with E-state index in [2.05, 4.69) is 11.5 Å². The summed E-state index contributed by atoms with van der Waals surface area (Å²) in [5.41, 5.74) is 1.88. The Labute approximate surface area is 169 Å². The molecule has 0 aliphatic heterocycles. The van der Waals surface area contributed by atoms with Crippen molar-refractivity contribution in [3.8, 4) is 0 Å². The molecule has 2 rings (SSSR count). The molecule has 0 radical (unpaired) electrons. The number of nitrogens with zero attached hydrogens (tertiary/aromatic N) is 1. The fourth-order valence-electron chi connectivity index (χ4n) is 3.66. The van der Waals surface area contributed by atoms with Crippen molar-refractivity contribution in [2.75, 3.05) is 6.61 Å². The Bertz CT molecular complexity index is 747. The highest BCUT2D eigenvalue weighted by atomic mass is 16.5. The van der Waals surface area contributed by atoms with E-state index >= 15 is 0 Å². The third kappa shape index (κ3) is 6.81. The first-order chi connectivity index (χ1) is 13.7. The molecule has 0 amide bonds. The highest BCUT2D eigenvalue weighted by Crippen LogP contribution is 2.24. The average molecular weight is 386 g/mol. The number of esters is 1. The van der Waals surface area contributed by atoms with Gasteiger partial charge in [0, 0.05) is 42.0 Å². The zero-order valence-electron chi connectivity index (χ0n) is 17.5. The molecule has 0 spiro atoms. The lowest BCUT2D eigenvalue weighted by Crippen LogP contribution is -2.06. The van der Waals surface area contributed by atoms with Crippen LogP contribution in [0.25, 0.3) is 10.9 Å². The van der Waals surface area contributed by atoms with Crippen molar-refractivity contribution in [2.45, 2.75) is 84.6 Å². The van der Waals surface area contributed by atoms with E-state index in [1.54, 1.807) is 0 Å². The summed E-state index contributed by atoms with van der Waals surface area (Å²) >= 11 is 0. The molecule has 1 aromatic carbocycles. The predicted octanol–water partition coefficient (Wildman–Crippen LogP) is 6.31. The molecule has 0 aliphatic rings. The number of rotatable bonds is 14. The predicted molar refractivity (Wildman–Crippen MR) is 115 cm³/mol. The Morgan fingerprint density at radius 2 is 1.61 bits per heavy atom. The number of carbonyl (C=O) groups excluding carboxylic acids is 2. The molecule has 0 aliphatic carbocycles. The van der Waals surface area contributed by atoms with E-state index in [0.717, 1.165) is 29.3 Å². The zero-order chi connectivity index (χ0) is 20.2. The molecule has 1 heterocycles. The number of ether oxygens (including phenoxy) is 1. The van der Waals surface area contributed by atoms with Gasteiger partial charge in [0.05, 0.1) is 6.61 Å². The number of aryl methyl sites for hydroxylation is 1. The van der Waals surface area contributed by atoms with Crippen LogP contribution in [0.2, 0.25) is 0 Å². The average Bonchev–Trinajstić information content (AvgIpc) is 3.06. The smallest absolute Gasteiger partial charge is 0.305 e. The molecule has 0 saturated heterocycles. The molecule has 0 N–H and O–H groups in total. The highest BCUT2D eigenvalue weighted by Gasteiger charge is 2.14. The zero-order valence-corrected chi connectivity index (χ0v) is 17.5. The minimum Gasteiger partial charge on any atom is -0.466 e. The Balaban J connectivity index is 1.91. The minimum atomic E-state index is -0.158. The lowest BCUT2D eigenvalue weighted by atomic mass is 10.0. The van der Waals surface area contributed by atoms with Crippen LogP contribution in [-0.4, -0.2) is 22.9 Å². The van der Waals surface area contributed by atoms with Gasteiger partial charge >= 0.3 is 5.97 Å². The fourth-order valence-corrected chi connectivity index (χ4v) is 3.66. The third-order valence-corrected chi connectivity index (χ3v) is 5.18. The van der Waals surface area contributed by atoms with Gasteiger partial charge in [-0.25, -0.2) is 0 Å². The van der Waals surface area contributed by atoms with Crippen LogP contribution >= 0.6 is 0 Å². The molecule has 1 aromatic heterocycles. The van der Waals surface area contributed by atoms with Crippen LogP contribution in [0.3, 0.4) is 0 Å². The number of hydrogen-bond acceptors (Lipinski definition) is 3. The topological polar surface area (TPSA) is 48.3 Å².